The SMILES string of the molecule is CC[C@@H](NC(=O)Nc1ccc([N+](=O)[O-])c(C)c1)C(=O)O. The number of rotatable bonds is 5. The number of carboxylic acids is 1. The lowest BCUT2D eigenvalue weighted by atomic mass is 10.2. The monoisotopic (exact) mass is 281 g/mol. The Kier molecular flexibility index (Phi) is 5.01. The van der Waals surface area contributed by atoms with Crippen LogP contribution >= 0.6 is 0 Å². The maximum Gasteiger partial charge on any atom is 0.326 e. The lowest BCUT2D eigenvalue weighted by Crippen LogP contribution is -2.42. The van der Waals surface area contributed by atoms with E-state index in [4.69, 9.17) is 5.11 Å². The van der Waals surface area contributed by atoms with E-state index in [2.05, 4.69) is 10.6 Å². The molecule has 1 rings (SSSR count). The number of amides is 2. The molecular weight excluding hydrogens is 266 g/mol. The van der Waals surface area contributed by atoms with Gasteiger partial charge >= 0.3 is 12.0 Å². The van der Waals surface area contributed by atoms with Crippen LogP contribution in [0.4, 0.5) is 16.2 Å². The first-order chi connectivity index (χ1) is 9.35. The van der Waals surface area contributed by atoms with Crippen molar-refractivity contribution in [2.75, 3.05) is 5.32 Å². The minimum Gasteiger partial charge on any atom is -0.480 e. The molecule has 1 atom stereocenters. The Labute approximate surface area is 114 Å². The topological polar surface area (TPSA) is 122 Å². The number of aliphatic carboxylic acids is 1. The van der Waals surface area contributed by atoms with Gasteiger partial charge in [-0.2, -0.15) is 0 Å². The minimum atomic E-state index is -1.12. The Morgan fingerprint density at radius 2 is 2.10 bits per heavy atom. The van der Waals surface area contributed by atoms with Crippen molar-refractivity contribution >= 4 is 23.4 Å². The van der Waals surface area contributed by atoms with Crippen LogP contribution in [-0.4, -0.2) is 28.1 Å². The zero-order chi connectivity index (χ0) is 15.3. The fourth-order valence-electron chi connectivity index (χ4n) is 1.60. The molecule has 0 saturated heterocycles. The van der Waals surface area contributed by atoms with Crippen LogP contribution < -0.4 is 10.6 Å². The summed E-state index contributed by atoms with van der Waals surface area (Å²) in [6, 6.07) is 2.45. The number of nitro benzene ring substituents is 1. The summed E-state index contributed by atoms with van der Waals surface area (Å²) in [5, 5.41) is 24.2. The number of hydrogen-bond acceptors (Lipinski definition) is 4. The van der Waals surface area contributed by atoms with Gasteiger partial charge in [-0.05, 0) is 25.5 Å². The molecule has 1 aromatic rings. The number of nitrogens with zero attached hydrogens (tertiary/aromatic N) is 1. The smallest absolute Gasteiger partial charge is 0.326 e. The summed E-state index contributed by atoms with van der Waals surface area (Å²) < 4.78 is 0. The first kappa shape index (κ1) is 15.4. The molecule has 1 aromatic carbocycles. The van der Waals surface area contributed by atoms with E-state index in [1.54, 1.807) is 13.8 Å². The van der Waals surface area contributed by atoms with Gasteiger partial charge in [-0.15, -0.1) is 0 Å². The highest BCUT2D eigenvalue weighted by Gasteiger charge is 2.18. The number of nitrogens with one attached hydrogen (secondary N) is 2. The van der Waals surface area contributed by atoms with E-state index in [0.29, 0.717) is 11.3 Å². The highest BCUT2D eigenvalue weighted by atomic mass is 16.6. The summed E-state index contributed by atoms with van der Waals surface area (Å²) in [6.45, 7) is 3.18. The summed E-state index contributed by atoms with van der Waals surface area (Å²) >= 11 is 0. The lowest BCUT2D eigenvalue weighted by molar-refractivity contribution is -0.385. The number of urea groups is 1. The van der Waals surface area contributed by atoms with Gasteiger partial charge in [0.2, 0.25) is 0 Å². The van der Waals surface area contributed by atoms with Gasteiger partial charge in [-0.3, -0.25) is 10.1 Å². The van der Waals surface area contributed by atoms with Crippen LogP contribution in [0.3, 0.4) is 0 Å². The summed E-state index contributed by atoms with van der Waals surface area (Å²) in [5.74, 6) is -1.12. The van der Waals surface area contributed by atoms with Gasteiger partial charge in [0.1, 0.15) is 6.04 Å². The Morgan fingerprint density at radius 1 is 1.45 bits per heavy atom. The number of carbonyl (C=O) groups is 2. The Bertz CT molecular complexity index is 544. The van der Waals surface area contributed by atoms with E-state index in [-0.39, 0.29) is 12.1 Å². The van der Waals surface area contributed by atoms with Crippen molar-refractivity contribution in [1.29, 1.82) is 0 Å². The lowest BCUT2D eigenvalue weighted by Gasteiger charge is -2.13. The summed E-state index contributed by atoms with van der Waals surface area (Å²) in [4.78, 5) is 32.5. The first-order valence-electron chi connectivity index (χ1n) is 5.90. The van der Waals surface area contributed by atoms with E-state index < -0.39 is 23.0 Å². The Balaban J connectivity index is 2.74. The van der Waals surface area contributed by atoms with Crippen LogP contribution in [0.15, 0.2) is 18.2 Å². The van der Waals surface area contributed by atoms with Crippen molar-refractivity contribution in [3.8, 4) is 0 Å². The highest BCUT2D eigenvalue weighted by molar-refractivity contribution is 5.92. The fourth-order valence-corrected chi connectivity index (χ4v) is 1.60. The maximum atomic E-state index is 11.6. The van der Waals surface area contributed by atoms with E-state index in [1.165, 1.54) is 18.2 Å². The molecule has 0 heterocycles. The molecule has 108 valence electrons. The number of carboxylic acid groups (broad SMARTS) is 1. The molecule has 0 fully saturated rings. The summed E-state index contributed by atoms with van der Waals surface area (Å²) in [6.07, 6.45) is 0.252. The van der Waals surface area contributed by atoms with Gasteiger partial charge in [-0.1, -0.05) is 6.92 Å². The molecule has 0 saturated carbocycles. The predicted octanol–water partition coefficient (Wildman–Crippen LogP) is 1.89. The van der Waals surface area contributed by atoms with Crippen LogP contribution in [0.2, 0.25) is 0 Å². The third-order valence-corrected chi connectivity index (χ3v) is 2.66. The summed E-state index contributed by atoms with van der Waals surface area (Å²) in [5.41, 5.74) is 0.705. The molecule has 0 radical (unpaired) electrons. The van der Waals surface area contributed by atoms with Gasteiger partial charge in [0.05, 0.1) is 4.92 Å². The molecule has 0 aromatic heterocycles. The number of aryl methyl sites for hydroxylation is 1. The van der Waals surface area contributed by atoms with Crippen molar-refractivity contribution in [3.05, 3.63) is 33.9 Å². The van der Waals surface area contributed by atoms with E-state index >= 15 is 0 Å². The minimum absolute atomic E-state index is 0.0482. The number of anilines is 1. The molecule has 2 amide bonds. The van der Waals surface area contributed by atoms with Gasteiger partial charge in [0.15, 0.2) is 0 Å². The number of carbonyl (C=O) groups excluding carboxylic acids is 1. The number of benzene rings is 1. The largest absolute Gasteiger partial charge is 0.480 e. The van der Waals surface area contributed by atoms with Crippen LogP contribution in [0.25, 0.3) is 0 Å². The van der Waals surface area contributed by atoms with Crippen LogP contribution in [0, 0.1) is 17.0 Å². The fraction of sp³-hybridized carbons (Fsp3) is 0.333. The van der Waals surface area contributed by atoms with E-state index in [9.17, 15) is 19.7 Å². The van der Waals surface area contributed by atoms with Gasteiger partial charge in [-0.25, -0.2) is 9.59 Å². The van der Waals surface area contributed by atoms with Crippen molar-refractivity contribution in [2.24, 2.45) is 0 Å². The van der Waals surface area contributed by atoms with Crippen LogP contribution in [-0.2, 0) is 4.79 Å². The quantitative estimate of drug-likeness (QED) is 0.562. The van der Waals surface area contributed by atoms with Gasteiger partial charge in [0, 0.05) is 17.3 Å². The van der Waals surface area contributed by atoms with Gasteiger partial charge in [0.25, 0.3) is 5.69 Å². The standard InChI is InChI=1S/C12H15N3O5/c1-3-9(11(16)17)14-12(18)13-8-4-5-10(15(19)20)7(2)6-8/h4-6,9H,3H2,1-2H3,(H,16,17)(H2,13,14,18)/t9-/m1/s1. The normalized spacial score (nSPS) is 11.5. The molecule has 0 aliphatic rings. The zero-order valence-electron chi connectivity index (χ0n) is 11.0. The second-order valence-corrected chi connectivity index (χ2v) is 4.16. The molecule has 0 bridgehead atoms. The third-order valence-electron chi connectivity index (χ3n) is 2.66. The van der Waals surface area contributed by atoms with E-state index in [1.807, 2.05) is 0 Å². The third kappa shape index (κ3) is 3.94. The highest BCUT2D eigenvalue weighted by Crippen LogP contribution is 2.21. The van der Waals surface area contributed by atoms with Crippen molar-refractivity contribution in [1.82, 2.24) is 5.32 Å². The molecule has 3 N–H and O–H groups in total. The van der Waals surface area contributed by atoms with E-state index in [0.717, 1.165) is 0 Å². The number of hydrogen-bond donors (Lipinski definition) is 3. The van der Waals surface area contributed by atoms with Crippen molar-refractivity contribution in [2.45, 2.75) is 26.3 Å². The van der Waals surface area contributed by atoms with Crippen LogP contribution in [0.1, 0.15) is 18.9 Å². The maximum absolute atomic E-state index is 11.6. The Hall–Kier alpha value is -2.64. The number of nitro groups is 1. The molecule has 0 aliphatic heterocycles. The average Bonchev–Trinajstić information content (AvgIpc) is 2.35. The average molecular weight is 281 g/mol. The zero-order valence-corrected chi connectivity index (χ0v) is 11.0. The molecule has 20 heavy (non-hydrogen) atoms. The Morgan fingerprint density at radius 3 is 2.55 bits per heavy atom. The molecule has 0 unspecified atom stereocenters. The second-order valence-electron chi connectivity index (χ2n) is 4.16. The molecular formula is C12H15N3O5. The van der Waals surface area contributed by atoms with Gasteiger partial charge < -0.3 is 15.7 Å². The summed E-state index contributed by atoms with van der Waals surface area (Å²) in [7, 11) is 0. The molecule has 0 spiro atoms. The van der Waals surface area contributed by atoms with Crippen LogP contribution in [0.5, 0.6) is 0 Å². The van der Waals surface area contributed by atoms with Crippen molar-refractivity contribution in [3.63, 3.8) is 0 Å². The second kappa shape index (κ2) is 6.50. The van der Waals surface area contributed by atoms with Crippen molar-refractivity contribution < 1.29 is 19.6 Å². The molecule has 8 heteroatoms. The predicted molar refractivity (Wildman–Crippen MR) is 71.7 cm³/mol. The molecule has 0 aliphatic carbocycles. The molecule has 8 nitrogen and oxygen atoms in total. The first-order valence-corrected chi connectivity index (χ1v) is 5.90.